The molecule has 2 rings (SSSR count). The van der Waals surface area contributed by atoms with Gasteiger partial charge in [-0.15, -0.1) is 23.2 Å². The van der Waals surface area contributed by atoms with Gasteiger partial charge in [-0.3, -0.25) is 4.98 Å². The maximum Gasteiger partial charge on any atom is 0.119 e. The lowest BCUT2D eigenvalue weighted by Gasteiger charge is -2.09. The third-order valence-electron chi connectivity index (χ3n) is 4.39. The number of benzene rings is 1. The van der Waals surface area contributed by atoms with Crippen molar-refractivity contribution in [3.63, 3.8) is 0 Å². The van der Waals surface area contributed by atoms with Gasteiger partial charge in [-0.25, -0.2) is 0 Å². The molecule has 0 spiro atoms. The Hall–Kier alpha value is -1.25. The highest BCUT2D eigenvalue weighted by molar-refractivity contribution is 6.28. The summed E-state index contributed by atoms with van der Waals surface area (Å²) in [4.78, 5) is 4.62. The molecule has 0 aliphatic carbocycles. The first-order valence-corrected chi connectivity index (χ1v) is 10.6. The molecule has 2 aromatic rings. The highest BCUT2D eigenvalue weighted by atomic mass is 35.5. The van der Waals surface area contributed by atoms with Gasteiger partial charge in [0, 0.05) is 17.6 Å². The van der Waals surface area contributed by atoms with E-state index in [1.165, 1.54) is 44.1 Å². The summed E-state index contributed by atoms with van der Waals surface area (Å²) < 4.78 is 5.61. The molecule has 0 aliphatic heterocycles. The zero-order chi connectivity index (χ0) is 18.6. The van der Waals surface area contributed by atoms with Crippen LogP contribution in [0.25, 0.3) is 11.3 Å². The summed E-state index contributed by atoms with van der Waals surface area (Å²) in [5.74, 6) is 1.18. The number of hydrogen-bond acceptors (Lipinski definition) is 2. The minimum absolute atomic E-state index is 0.169. The van der Waals surface area contributed by atoms with Gasteiger partial charge in [0.15, 0.2) is 0 Å². The zero-order valence-corrected chi connectivity index (χ0v) is 17.1. The number of ether oxygens (including phenoxy) is 1. The first-order chi connectivity index (χ1) is 12.7. The van der Waals surface area contributed by atoms with Crippen molar-refractivity contribution in [3.05, 3.63) is 48.2 Å². The number of aromatic nitrogens is 1. The Morgan fingerprint density at radius 1 is 0.962 bits per heavy atom. The lowest BCUT2D eigenvalue weighted by atomic mass is 10.1. The van der Waals surface area contributed by atoms with Gasteiger partial charge < -0.3 is 4.74 Å². The Balaban J connectivity index is 1.80. The minimum atomic E-state index is -0.169. The maximum absolute atomic E-state index is 5.96. The maximum atomic E-state index is 5.96. The summed E-state index contributed by atoms with van der Waals surface area (Å²) in [6.07, 6.45) is 11.1. The number of alkyl halides is 2. The molecule has 2 nitrogen and oxygen atoms in total. The van der Waals surface area contributed by atoms with Gasteiger partial charge in [0.05, 0.1) is 11.1 Å². The largest absolute Gasteiger partial charge is 0.492 e. The molecule has 0 aliphatic rings. The highest BCUT2D eigenvalue weighted by Crippen LogP contribution is 2.22. The Bertz CT molecular complexity index is 613. The quantitative estimate of drug-likeness (QED) is 0.289. The first-order valence-electron chi connectivity index (χ1n) is 9.61. The summed E-state index contributed by atoms with van der Waals surface area (Å²) in [5, 5.41) is -0.169. The monoisotopic (exact) mass is 393 g/mol. The van der Waals surface area contributed by atoms with Gasteiger partial charge >= 0.3 is 0 Å². The van der Waals surface area contributed by atoms with Crippen LogP contribution in [0, 0.1) is 0 Å². The average Bonchev–Trinajstić information content (AvgIpc) is 2.69. The molecule has 0 saturated carbocycles. The van der Waals surface area contributed by atoms with Crippen LogP contribution in [0.3, 0.4) is 0 Å². The fraction of sp³-hybridized carbons (Fsp3) is 0.500. The molecule has 0 saturated heterocycles. The molecule has 1 atom stereocenters. The Morgan fingerprint density at radius 3 is 2.35 bits per heavy atom. The normalized spacial score (nSPS) is 12.1. The summed E-state index contributed by atoms with van der Waals surface area (Å²) in [7, 11) is 0. The topological polar surface area (TPSA) is 22.1 Å². The molecule has 1 aromatic carbocycles. The van der Waals surface area contributed by atoms with Crippen molar-refractivity contribution in [1.29, 1.82) is 0 Å². The van der Waals surface area contributed by atoms with E-state index in [0.717, 1.165) is 23.4 Å². The molecule has 0 fully saturated rings. The summed E-state index contributed by atoms with van der Waals surface area (Å²) in [6, 6.07) is 12.2. The average molecular weight is 394 g/mol. The van der Waals surface area contributed by atoms with E-state index in [2.05, 4.69) is 24.0 Å². The number of nitrogens with zero attached hydrogens (tertiary/aromatic N) is 1. The van der Waals surface area contributed by atoms with Gasteiger partial charge in [-0.05, 0) is 48.7 Å². The first kappa shape index (κ1) is 21.1. The van der Waals surface area contributed by atoms with Crippen molar-refractivity contribution in [2.45, 2.75) is 57.2 Å². The van der Waals surface area contributed by atoms with E-state index >= 15 is 0 Å². The number of pyridine rings is 1. The van der Waals surface area contributed by atoms with Crippen molar-refractivity contribution in [1.82, 2.24) is 4.98 Å². The minimum Gasteiger partial charge on any atom is -0.492 e. The van der Waals surface area contributed by atoms with Crippen LogP contribution in [-0.4, -0.2) is 22.8 Å². The number of hydrogen-bond donors (Lipinski definition) is 0. The van der Waals surface area contributed by atoms with Crippen LogP contribution >= 0.6 is 23.2 Å². The molecule has 0 radical (unpaired) electrons. The summed E-state index contributed by atoms with van der Waals surface area (Å²) in [6.45, 7) is 2.67. The lowest BCUT2D eigenvalue weighted by Crippen LogP contribution is -2.12. The van der Waals surface area contributed by atoms with Crippen molar-refractivity contribution in [3.8, 4) is 17.0 Å². The van der Waals surface area contributed by atoms with E-state index in [0.29, 0.717) is 12.5 Å². The van der Waals surface area contributed by atoms with E-state index < -0.39 is 0 Å². The van der Waals surface area contributed by atoms with Gasteiger partial charge in [-0.1, -0.05) is 45.1 Å². The van der Waals surface area contributed by atoms with Crippen molar-refractivity contribution in [2.24, 2.45) is 0 Å². The lowest BCUT2D eigenvalue weighted by molar-refractivity contribution is 0.321. The van der Waals surface area contributed by atoms with Crippen molar-refractivity contribution >= 4 is 23.2 Å². The Morgan fingerprint density at radius 2 is 1.69 bits per heavy atom. The number of rotatable bonds is 12. The molecule has 4 heteroatoms. The van der Waals surface area contributed by atoms with Crippen LogP contribution < -0.4 is 4.74 Å². The van der Waals surface area contributed by atoms with Crippen LogP contribution in [0.1, 0.15) is 51.0 Å². The molecule has 0 N–H and O–H groups in total. The Labute approximate surface area is 167 Å². The summed E-state index contributed by atoms with van der Waals surface area (Å²) >= 11 is 11.6. The standard InChI is InChI=1S/C22H29Cl2NO/c1-2-3-4-5-6-7-8-18-9-14-22(25-16-18)19-10-12-21(13-11-19)26-17-20(24)15-23/h9-14,16,20H,2-8,15,17H2,1H3. The number of unbranched alkanes of at least 4 members (excludes halogenated alkanes) is 5. The number of halogens is 2. The fourth-order valence-electron chi connectivity index (χ4n) is 2.81. The zero-order valence-electron chi connectivity index (χ0n) is 15.6. The third kappa shape index (κ3) is 7.55. The predicted molar refractivity (Wildman–Crippen MR) is 113 cm³/mol. The van der Waals surface area contributed by atoms with Gasteiger partial charge in [0.2, 0.25) is 0 Å². The molecular weight excluding hydrogens is 365 g/mol. The van der Waals surface area contributed by atoms with Crippen LogP contribution in [0.4, 0.5) is 0 Å². The smallest absolute Gasteiger partial charge is 0.119 e. The molecule has 1 aromatic heterocycles. The third-order valence-corrected chi connectivity index (χ3v) is 5.20. The second-order valence-corrected chi connectivity index (χ2v) is 7.58. The molecule has 142 valence electrons. The van der Waals surface area contributed by atoms with Crippen molar-refractivity contribution in [2.75, 3.05) is 12.5 Å². The molecular formula is C22H29Cl2NO. The van der Waals surface area contributed by atoms with Crippen LogP contribution in [0.5, 0.6) is 5.75 Å². The summed E-state index contributed by atoms with van der Waals surface area (Å²) in [5.41, 5.74) is 3.39. The van der Waals surface area contributed by atoms with Crippen molar-refractivity contribution < 1.29 is 4.74 Å². The second kappa shape index (κ2) is 12.2. The molecule has 1 unspecified atom stereocenters. The van der Waals surface area contributed by atoms with Crippen LogP contribution in [-0.2, 0) is 6.42 Å². The van der Waals surface area contributed by atoms with Crippen LogP contribution in [0.2, 0.25) is 0 Å². The molecule has 26 heavy (non-hydrogen) atoms. The van der Waals surface area contributed by atoms with E-state index in [9.17, 15) is 0 Å². The molecule has 1 heterocycles. The van der Waals surface area contributed by atoms with E-state index in [-0.39, 0.29) is 5.38 Å². The van der Waals surface area contributed by atoms with Gasteiger partial charge in [0.25, 0.3) is 0 Å². The SMILES string of the molecule is CCCCCCCCc1ccc(-c2ccc(OCC(Cl)CCl)cc2)nc1. The highest BCUT2D eigenvalue weighted by Gasteiger charge is 2.05. The van der Waals surface area contributed by atoms with E-state index in [4.69, 9.17) is 27.9 Å². The molecule has 0 bridgehead atoms. The predicted octanol–water partition coefficient (Wildman–Crippen LogP) is 6.88. The second-order valence-electron chi connectivity index (χ2n) is 6.66. The number of aryl methyl sites for hydroxylation is 1. The Kier molecular flexibility index (Phi) is 9.87. The van der Waals surface area contributed by atoms with Crippen LogP contribution in [0.15, 0.2) is 42.6 Å². The molecule has 0 amide bonds. The van der Waals surface area contributed by atoms with E-state index in [1.54, 1.807) is 0 Å². The van der Waals surface area contributed by atoms with E-state index in [1.807, 2.05) is 30.5 Å². The van der Waals surface area contributed by atoms with Gasteiger partial charge in [0.1, 0.15) is 12.4 Å². The van der Waals surface area contributed by atoms with Gasteiger partial charge in [-0.2, -0.15) is 0 Å². The fourth-order valence-corrected chi connectivity index (χ4v) is 2.96.